The lowest BCUT2D eigenvalue weighted by atomic mass is 10.2. The number of pyridine rings is 1. The van der Waals surface area contributed by atoms with Crippen molar-refractivity contribution in [2.24, 2.45) is 5.73 Å². The van der Waals surface area contributed by atoms with Crippen molar-refractivity contribution in [1.82, 2.24) is 4.98 Å². The van der Waals surface area contributed by atoms with Crippen LogP contribution in [0.2, 0.25) is 0 Å². The Kier molecular flexibility index (Phi) is 3.05. The smallest absolute Gasteiger partial charge is 0.254 e. The minimum atomic E-state index is -0.555. The van der Waals surface area contributed by atoms with Gasteiger partial charge in [-0.1, -0.05) is 12.1 Å². The van der Waals surface area contributed by atoms with E-state index in [1.807, 2.05) is 25.1 Å². The quantitative estimate of drug-likeness (QED) is 0.876. The number of aromatic nitrogens is 1. The molecular weight excluding hydrogens is 216 g/mol. The second-order valence-electron chi connectivity index (χ2n) is 3.64. The van der Waals surface area contributed by atoms with Crippen molar-refractivity contribution < 1.29 is 9.53 Å². The Labute approximate surface area is 99.1 Å². The number of ether oxygens (including phenoxy) is 1. The summed E-state index contributed by atoms with van der Waals surface area (Å²) in [6.07, 6.45) is 1.55. The van der Waals surface area contributed by atoms with Gasteiger partial charge in [-0.3, -0.25) is 4.79 Å². The first-order valence-corrected chi connectivity index (χ1v) is 5.16. The number of carbonyl (C=O) groups is 1. The number of rotatable bonds is 3. The van der Waals surface area contributed by atoms with E-state index in [2.05, 4.69) is 4.98 Å². The summed E-state index contributed by atoms with van der Waals surface area (Å²) < 4.78 is 5.54. The summed E-state index contributed by atoms with van der Waals surface area (Å²) in [7, 11) is 0. The molecule has 0 spiro atoms. The molecule has 0 aliphatic carbocycles. The third-order valence-corrected chi connectivity index (χ3v) is 2.24. The van der Waals surface area contributed by atoms with Crippen LogP contribution < -0.4 is 10.5 Å². The summed E-state index contributed by atoms with van der Waals surface area (Å²) in [4.78, 5) is 15.2. The molecule has 17 heavy (non-hydrogen) atoms. The summed E-state index contributed by atoms with van der Waals surface area (Å²) in [6.45, 7) is 1.96. The molecule has 0 bridgehead atoms. The first-order valence-electron chi connectivity index (χ1n) is 5.16. The van der Waals surface area contributed by atoms with Crippen molar-refractivity contribution >= 4 is 5.91 Å². The van der Waals surface area contributed by atoms with Gasteiger partial charge < -0.3 is 10.5 Å². The maximum atomic E-state index is 11.2. The van der Waals surface area contributed by atoms with Gasteiger partial charge in [0.25, 0.3) is 5.91 Å². The standard InChI is InChI=1S/C13H12N2O2/c1-9-4-2-5-10(8-9)17-13-11(12(14)16)6-3-7-15-13/h2-8H,1H3,(H2,14,16). The average Bonchev–Trinajstić information content (AvgIpc) is 2.29. The fourth-order valence-corrected chi connectivity index (χ4v) is 1.45. The summed E-state index contributed by atoms with van der Waals surface area (Å²) >= 11 is 0. The molecule has 0 fully saturated rings. The normalized spacial score (nSPS) is 9.94. The molecule has 2 rings (SSSR count). The fourth-order valence-electron chi connectivity index (χ4n) is 1.45. The van der Waals surface area contributed by atoms with Gasteiger partial charge in [-0.05, 0) is 36.8 Å². The van der Waals surface area contributed by atoms with Gasteiger partial charge in [-0.2, -0.15) is 0 Å². The molecule has 2 aromatic rings. The van der Waals surface area contributed by atoms with E-state index in [-0.39, 0.29) is 11.4 Å². The molecule has 2 N–H and O–H groups in total. The van der Waals surface area contributed by atoms with E-state index in [1.165, 1.54) is 0 Å². The highest BCUT2D eigenvalue weighted by atomic mass is 16.5. The lowest BCUT2D eigenvalue weighted by Gasteiger charge is -2.07. The molecule has 0 radical (unpaired) electrons. The van der Waals surface area contributed by atoms with Gasteiger partial charge in [0, 0.05) is 6.20 Å². The van der Waals surface area contributed by atoms with Crippen LogP contribution in [0.1, 0.15) is 15.9 Å². The van der Waals surface area contributed by atoms with E-state index in [4.69, 9.17) is 10.5 Å². The molecule has 1 aromatic heterocycles. The second-order valence-corrected chi connectivity index (χ2v) is 3.64. The van der Waals surface area contributed by atoms with E-state index in [0.29, 0.717) is 5.75 Å². The van der Waals surface area contributed by atoms with Crippen molar-refractivity contribution in [1.29, 1.82) is 0 Å². The predicted molar refractivity (Wildman–Crippen MR) is 64.0 cm³/mol. The predicted octanol–water partition coefficient (Wildman–Crippen LogP) is 2.28. The van der Waals surface area contributed by atoms with Crippen molar-refractivity contribution in [2.45, 2.75) is 6.92 Å². The number of nitrogens with two attached hydrogens (primary N) is 1. The molecule has 0 saturated carbocycles. The zero-order valence-corrected chi connectivity index (χ0v) is 9.38. The first kappa shape index (κ1) is 11.1. The van der Waals surface area contributed by atoms with Crippen LogP contribution in [-0.4, -0.2) is 10.9 Å². The van der Waals surface area contributed by atoms with Gasteiger partial charge in [0.05, 0.1) is 0 Å². The van der Waals surface area contributed by atoms with Gasteiger partial charge in [0.15, 0.2) is 0 Å². The Balaban J connectivity index is 2.33. The highest BCUT2D eigenvalue weighted by Crippen LogP contribution is 2.23. The number of amides is 1. The van der Waals surface area contributed by atoms with Crippen molar-refractivity contribution in [3.63, 3.8) is 0 Å². The Bertz CT molecular complexity index is 553. The van der Waals surface area contributed by atoms with Gasteiger partial charge in [0.2, 0.25) is 5.88 Å². The monoisotopic (exact) mass is 228 g/mol. The van der Waals surface area contributed by atoms with E-state index < -0.39 is 5.91 Å². The van der Waals surface area contributed by atoms with E-state index >= 15 is 0 Å². The molecular formula is C13H12N2O2. The SMILES string of the molecule is Cc1cccc(Oc2ncccc2C(N)=O)c1. The zero-order valence-electron chi connectivity index (χ0n) is 9.38. The molecule has 4 nitrogen and oxygen atoms in total. The molecule has 0 saturated heterocycles. The number of aryl methyl sites for hydroxylation is 1. The number of carbonyl (C=O) groups excluding carboxylic acids is 1. The van der Waals surface area contributed by atoms with Crippen LogP contribution in [0.25, 0.3) is 0 Å². The third-order valence-electron chi connectivity index (χ3n) is 2.24. The largest absolute Gasteiger partial charge is 0.438 e. The maximum Gasteiger partial charge on any atom is 0.254 e. The van der Waals surface area contributed by atoms with Crippen molar-refractivity contribution in [3.8, 4) is 11.6 Å². The van der Waals surface area contributed by atoms with Crippen molar-refractivity contribution in [3.05, 3.63) is 53.7 Å². The minimum Gasteiger partial charge on any atom is -0.438 e. The molecule has 1 amide bonds. The van der Waals surface area contributed by atoms with Crippen LogP contribution >= 0.6 is 0 Å². The number of hydrogen-bond donors (Lipinski definition) is 1. The van der Waals surface area contributed by atoms with Gasteiger partial charge in [-0.25, -0.2) is 4.98 Å². The molecule has 1 aromatic carbocycles. The lowest BCUT2D eigenvalue weighted by molar-refractivity contribution is 0.0997. The highest BCUT2D eigenvalue weighted by Gasteiger charge is 2.10. The van der Waals surface area contributed by atoms with Gasteiger partial charge >= 0.3 is 0 Å². The molecule has 0 unspecified atom stereocenters. The fraction of sp³-hybridized carbons (Fsp3) is 0.0769. The molecule has 0 aliphatic rings. The number of benzene rings is 1. The van der Waals surface area contributed by atoms with Crippen molar-refractivity contribution in [2.75, 3.05) is 0 Å². The minimum absolute atomic E-state index is 0.227. The van der Waals surface area contributed by atoms with Crippen LogP contribution in [-0.2, 0) is 0 Å². The number of primary amides is 1. The second kappa shape index (κ2) is 4.65. The van der Waals surface area contributed by atoms with E-state index in [0.717, 1.165) is 5.56 Å². The first-order chi connectivity index (χ1) is 8.16. The van der Waals surface area contributed by atoms with E-state index in [1.54, 1.807) is 24.4 Å². The topological polar surface area (TPSA) is 65.2 Å². The lowest BCUT2D eigenvalue weighted by Crippen LogP contribution is -2.12. The third kappa shape index (κ3) is 2.60. The molecule has 0 atom stereocenters. The van der Waals surface area contributed by atoms with E-state index in [9.17, 15) is 4.79 Å². The van der Waals surface area contributed by atoms with Crippen LogP contribution in [0.4, 0.5) is 0 Å². The zero-order chi connectivity index (χ0) is 12.3. The maximum absolute atomic E-state index is 11.2. The Hall–Kier alpha value is -2.36. The molecule has 4 heteroatoms. The Morgan fingerprint density at radius 1 is 1.29 bits per heavy atom. The summed E-state index contributed by atoms with van der Waals surface area (Å²) in [6, 6.07) is 10.7. The Morgan fingerprint density at radius 3 is 2.82 bits per heavy atom. The van der Waals surface area contributed by atoms with Crippen LogP contribution in [0.3, 0.4) is 0 Å². The average molecular weight is 228 g/mol. The van der Waals surface area contributed by atoms with Crippen LogP contribution in [0, 0.1) is 6.92 Å². The van der Waals surface area contributed by atoms with Crippen LogP contribution in [0.15, 0.2) is 42.6 Å². The Morgan fingerprint density at radius 2 is 2.12 bits per heavy atom. The molecule has 0 aliphatic heterocycles. The highest BCUT2D eigenvalue weighted by molar-refractivity contribution is 5.95. The summed E-state index contributed by atoms with van der Waals surface area (Å²) in [5, 5.41) is 0. The van der Waals surface area contributed by atoms with Crippen LogP contribution in [0.5, 0.6) is 11.6 Å². The molecule has 86 valence electrons. The van der Waals surface area contributed by atoms with Gasteiger partial charge in [-0.15, -0.1) is 0 Å². The summed E-state index contributed by atoms with van der Waals surface area (Å²) in [5.41, 5.74) is 6.58. The number of nitrogens with zero attached hydrogens (tertiary/aromatic N) is 1. The van der Waals surface area contributed by atoms with Gasteiger partial charge in [0.1, 0.15) is 11.3 Å². The summed E-state index contributed by atoms with van der Waals surface area (Å²) in [5.74, 6) is 0.303. The molecule has 1 heterocycles. The number of hydrogen-bond acceptors (Lipinski definition) is 3.